The van der Waals surface area contributed by atoms with Crippen molar-refractivity contribution in [2.45, 2.75) is 51.9 Å². The van der Waals surface area contributed by atoms with Crippen LogP contribution in [0.3, 0.4) is 0 Å². The molecule has 1 N–H and O–H groups in total. The number of hydrogen-bond donors (Lipinski definition) is 1. The number of aromatic nitrogens is 4. The summed E-state index contributed by atoms with van der Waals surface area (Å²) in [6, 6.07) is 2.40. The summed E-state index contributed by atoms with van der Waals surface area (Å²) in [5, 5.41) is 3.00. The van der Waals surface area contributed by atoms with Gasteiger partial charge in [-0.25, -0.2) is 19.3 Å². The van der Waals surface area contributed by atoms with Crippen molar-refractivity contribution < 1.29 is 22.4 Å². The fraction of sp³-hybridized carbons (Fsp3) is 0.478. The van der Waals surface area contributed by atoms with Crippen molar-refractivity contribution in [3.05, 3.63) is 47.4 Å². The molecule has 0 unspecified atom stereocenters. The highest BCUT2D eigenvalue weighted by molar-refractivity contribution is 5.84. The van der Waals surface area contributed by atoms with Crippen LogP contribution in [0.2, 0.25) is 0 Å². The van der Waals surface area contributed by atoms with Gasteiger partial charge in [-0.3, -0.25) is 4.79 Å². The summed E-state index contributed by atoms with van der Waals surface area (Å²) in [7, 11) is 0. The van der Waals surface area contributed by atoms with E-state index in [1.165, 1.54) is 23.3 Å². The number of carbonyl (C=O) groups excluding carboxylic acids is 1. The second-order valence-corrected chi connectivity index (χ2v) is 9.40. The zero-order chi connectivity index (χ0) is 24.3. The van der Waals surface area contributed by atoms with Gasteiger partial charge in [0.05, 0.1) is 29.5 Å². The van der Waals surface area contributed by atoms with Crippen LogP contribution in [0.1, 0.15) is 43.0 Å². The van der Waals surface area contributed by atoms with Crippen molar-refractivity contribution in [1.82, 2.24) is 24.8 Å². The van der Waals surface area contributed by atoms with E-state index in [9.17, 15) is 22.4 Å². The predicted octanol–water partition coefficient (Wildman–Crippen LogP) is 3.84. The number of hydrogen-bond acceptors (Lipinski definition) is 5. The second kappa shape index (κ2) is 7.92. The van der Waals surface area contributed by atoms with E-state index < -0.39 is 23.0 Å². The molecule has 2 aromatic heterocycles. The molecule has 0 radical (unpaired) electrons. The van der Waals surface area contributed by atoms with Crippen molar-refractivity contribution in [3.8, 4) is 0 Å². The molecule has 1 saturated carbocycles. The molecule has 3 heterocycles. The number of imidazole rings is 1. The zero-order valence-corrected chi connectivity index (χ0v) is 18.8. The highest BCUT2D eigenvalue weighted by atomic mass is 19.4. The molecule has 1 atom stereocenters. The van der Waals surface area contributed by atoms with E-state index in [1.54, 1.807) is 11.8 Å². The van der Waals surface area contributed by atoms with Gasteiger partial charge in [0.15, 0.2) is 5.65 Å². The topological polar surface area (TPSA) is 75.9 Å². The molecule has 1 saturated heterocycles. The van der Waals surface area contributed by atoms with Crippen LogP contribution in [0.5, 0.6) is 0 Å². The van der Waals surface area contributed by atoms with Crippen molar-refractivity contribution in [2.24, 2.45) is 5.41 Å². The number of amides is 1. The van der Waals surface area contributed by atoms with E-state index in [-0.39, 0.29) is 36.3 Å². The molecule has 34 heavy (non-hydrogen) atoms. The predicted molar refractivity (Wildman–Crippen MR) is 117 cm³/mol. The number of rotatable bonds is 5. The molecule has 1 aliphatic heterocycles. The monoisotopic (exact) mass is 476 g/mol. The minimum atomic E-state index is -4.90. The molecule has 3 aromatic rings. The first-order chi connectivity index (χ1) is 16.1. The third kappa shape index (κ3) is 3.97. The lowest BCUT2D eigenvalue weighted by molar-refractivity contribution is -0.140. The number of nitrogens with one attached hydrogen (secondary N) is 1. The molecule has 1 aliphatic carbocycles. The molecule has 0 spiro atoms. The minimum absolute atomic E-state index is 0.0926. The molecule has 7 nitrogen and oxygen atoms in total. The van der Waals surface area contributed by atoms with Gasteiger partial charge in [0.2, 0.25) is 5.91 Å². The summed E-state index contributed by atoms with van der Waals surface area (Å²) in [6.45, 7) is 3.90. The lowest BCUT2D eigenvalue weighted by Crippen LogP contribution is -2.42. The van der Waals surface area contributed by atoms with Crippen LogP contribution in [0.25, 0.3) is 11.2 Å². The molecule has 0 bridgehead atoms. The number of nitrogens with zero attached hydrogens (tertiary/aromatic N) is 5. The molecule has 1 amide bonds. The summed E-state index contributed by atoms with van der Waals surface area (Å²) >= 11 is 0. The number of anilines is 1. The number of aryl methyl sites for hydroxylation is 1. The van der Waals surface area contributed by atoms with Crippen LogP contribution in [0, 0.1) is 18.2 Å². The van der Waals surface area contributed by atoms with E-state index in [0.717, 1.165) is 18.9 Å². The lowest BCUT2D eigenvalue weighted by Gasteiger charge is -2.28. The van der Waals surface area contributed by atoms with Crippen LogP contribution in [-0.4, -0.2) is 44.6 Å². The number of benzene rings is 1. The largest absolute Gasteiger partial charge is 0.419 e. The van der Waals surface area contributed by atoms with Gasteiger partial charge in [0.1, 0.15) is 17.7 Å². The molecule has 1 aromatic carbocycles. The normalized spacial score (nSPS) is 20.8. The highest BCUT2D eigenvalue weighted by Crippen LogP contribution is 2.42. The number of alkyl halides is 3. The molecule has 11 heteroatoms. The van der Waals surface area contributed by atoms with Gasteiger partial charge in [-0.15, -0.1) is 0 Å². The van der Waals surface area contributed by atoms with Crippen LogP contribution < -0.4 is 10.2 Å². The van der Waals surface area contributed by atoms with Crippen LogP contribution in [0.15, 0.2) is 24.8 Å². The van der Waals surface area contributed by atoms with Gasteiger partial charge in [-0.05, 0) is 45.2 Å². The SMILES string of the molecule is Cc1ncnc2c1ncn2Cc1c(N2CC[C@](C)(C(=O)NC3CC3)C2)ccc(F)c1C(F)(F)F. The summed E-state index contributed by atoms with van der Waals surface area (Å²) in [5.74, 6) is -1.43. The Morgan fingerprint density at radius 3 is 2.71 bits per heavy atom. The Kier molecular flexibility index (Phi) is 5.25. The number of carbonyl (C=O) groups is 1. The van der Waals surface area contributed by atoms with E-state index in [1.807, 2.05) is 6.92 Å². The van der Waals surface area contributed by atoms with Gasteiger partial charge in [-0.2, -0.15) is 13.2 Å². The Bertz CT molecular complexity index is 1270. The minimum Gasteiger partial charge on any atom is -0.370 e. The van der Waals surface area contributed by atoms with Crippen LogP contribution in [-0.2, 0) is 17.5 Å². The fourth-order valence-corrected chi connectivity index (χ4v) is 4.59. The van der Waals surface area contributed by atoms with Gasteiger partial charge in [0.25, 0.3) is 0 Å². The third-order valence-electron chi connectivity index (χ3n) is 6.71. The summed E-state index contributed by atoms with van der Waals surface area (Å²) in [5.41, 5.74) is -0.576. The maximum absolute atomic E-state index is 14.6. The maximum Gasteiger partial charge on any atom is 0.419 e. The highest BCUT2D eigenvalue weighted by Gasteiger charge is 2.44. The van der Waals surface area contributed by atoms with E-state index in [0.29, 0.717) is 29.8 Å². The average molecular weight is 476 g/mol. The lowest BCUT2D eigenvalue weighted by atomic mass is 9.88. The Morgan fingerprint density at radius 2 is 2.00 bits per heavy atom. The summed E-state index contributed by atoms with van der Waals surface area (Å²) in [6.07, 6.45) is 0.192. The van der Waals surface area contributed by atoms with Crippen molar-refractivity contribution in [3.63, 3.8) is 0 Å². The second-order valence-electron chi connectivity index (χ2n) is 9.40. The van der Waals surface area contributed by atoms with Crippen LogP contribution >= 0.6 is 0 Å². The van der Waals surface area contributed by atoms with Gasteiger partial charge in [0, 0.05) is 30.4 Å². The first-order valence-corrected chi connectivity index (χ1v) is 11.1. The van der Waals surface area contributed by atoms with E-state index in [2.05, 4.69) is 20.3 Å². The number of fused-ring (bicyclic) bond motifs is 1. The zero-order valence-electron chi connectivity index (χ0n) is 18.8. The van der Waals surface area contributed by atoms with Crippen molar-refractivity contribution >= 4 is 22.8 Å². The smallest absolute Gasteiger partial charge is 0.370 e. The van der Waals surface area contributed by atoms with Crippen LogP contribution in [0.4, 0.5) is 23.2 Å². The van der Waals surface area contributed by atoms with Gasteiger partial charge in [-0.1, -0.05) is 0 Å². The third-order valence-corrected chi connectivity index (χ3v) is 6.71. The molecular formula is C23H24F4N6O. The average Bonchev–Trinajstić information content (AvgIpc) is 3.34. The molecule has 180 valence electrons. The quantitative estimate of drug-likeness (QED) is 0.567. The van der Waals surface area contributed by atoms with Crippen molar-refractivity contribution in [2.75, 3.05) is 18.0 Å². The molecule has 2 fully saturated rings. The Balaban J connectivity index is 1.55. The standard InChI is InChI=1S/C23H24F4N6O/c1-13-19-20(29-11-28-13)33(12-30-19)9-15-17(6-5-16(24)18(15)23(25,26)27)32-8-7-22(2,10-32)21(34)31-14-3-4-14/h5-6,11-12,14H,3-4,7-10H2,1-2H3,(H,31,34)/t22-/m0/s1. The Labute approximate surface area is 193 Å². The summed E-state index contributed by atoms with van der Waals surface area (Å²) < 4.78 is 58.2. The molecule has 5 rings (SSSR count). The molecular weight excluding hydrogens is 452 g/mol. The first kappa shape index (κ1) is 22.5. The Morgan fingerprint density at radius 1 is 1.24 bits per heavy atom. The fourth-order valence-electron chi connectivity index (χ4n) is 4.59. The first-order valence-electron chi connectivity index (χ1n) is 11.1. The number of halogens is 4. The maximum atomic E-state index is 14.6. The van der Waals surface area contributed by atoms with Crippen molar-refractivity contribution in [1.29, 1.82) is 0 Å². The molecule has 2 aliphatic rings. The Hall–Kier alpha value is -3.24. The van der Waals surface area contributed by atoms with E-state index >= 15 is 0 Å². The summed E-state index contributed by atoms with van der Waals surface area (Å²) in [4.78, 5) is 27.0. The van der Waals surface area contributed by atoms with E-state index in [4.69, 9.17) is 0 Å². The van der Waals surface area contributed by atoms with Gasteiger partial charge >= 0.3 is 6.18 Å². The van der Waals surface area contributed by atoms with Gasteiger partial charge < -0.3 is 14.8 Å².